The summed E-state index contributed by atoms with van der Waals surface area (Å²) in [6.45, 7) is 0. The molecule has 0 bridgehead atoms. The summed E-state index contributed by atoms with van der Waals surface area (Å²) in [7, 11) is 0. The van der Waals surface area contributed by atoms with E-state index >= 15 is 0 Å². The second-order valence-electron chi connectivity index (χ2n) is 6.39. The van der Waals surface area contributed by atoms with Gasteiger partial charge in [-0.15, -0.1) is 0 Å². The molecule has 2 atom stereocenters. The molecule has 2 aliphatic rings. The first-order chi connectivity index (χ1) is 12.3. The molecular formula is C22H14O2. The maximum absolute atomic E-state index is 8.43. The van der Waals surface area contributed by atoms with Crippen molar-refractivity contribution in [3.05, 3.63) is 83.9 Å². The van der Waals surface area contributed by atoms with Gasteiger partial charge >= 0.3 is 0 Å². The Balaban J connectivity index is 1.73. The van der Waals surface area contributed by atoms with Crippen LogP contribution in [0.2, 0.25) is 0 Å². The van der Waals surface area contributed by atoms with E-state index in [0.717, 1.165) is 27.8 Å². The SMILES string of the molecule is [2H]c1cccc2ccc3c(c12)[C@H]1c2c(ccc4ccccc24)O[C@H]1O3. The summed E-state index contributed by atoms with van der Waals surface area (Å²) in [5.74, 6) is 1.73. The lowest BCUT2D eigenvalue weighted by molar-refractivity contribution is 0.0330. The molecule has 2 heterocycles. The van der Waals surface area contributed by atoms with Gasteiger partial charge in [-0.2, -0.15) is 0 Å². The van der Waals surface area contributed by atoms with Crippen LogP contribution in [-0.2, 0) is 0 Å². The van der Waals surface area contributed by atoms with E-state index in [-0.39, 0.29) is 12.2 Å². The molecule has 0 aliphatic carbocycles. The maximum atomic E-state index is 8.43. The Kier molecular flexibility index (Phi) is 2.06. The standard InChI is InChI=1S/C22H14O2/c1-3-7-15-13(5-1)9-11-17-19(15)21-20-16-8-4-2-6-14(16)10-12-18(20)24-22(21)23-17/h1-12,21-22H/t21-,22+/i7D/m0/s1. The molecule has 6 rings (SSSR count). The van der Waals surface area contributed by atoms with Gasteiger partial charge < -0.3 is 9.47 Å². The molecule has 2 nitrogen and oxygen atoms in total. The minimum Gasteiger partial charge on any atom is -0.454 e. The Labute approximate surface area is 140 Å². The topological polar surface area (TPSA) is 18.5 Å². The molecule has 4 aromatic rings. The molecule has 0 amide bonds. The number of hydrogen-bond acceptors (Lipinski definition) is 2. The van der Waals surface area contributed by atoms with E-state index in [1.54, 1.807) is 0 Å². The van der Waals surface area contributed by atoms with Crippen LogP contribution in [0.1, 0.15) is 18.4 Å². The van der Waals surface area contributed by atoms with Crippen molar-refractivity contribution < 1.29 is 10.8 Å². The Morgan fingerprint density at radius 1 is 0.667 bits per heavy atom. The van der Waals surface area contributed by atoms with Crippen molar-refractivity contribution in [2.75, 3.05) is 0 Å². The highest BCUT2D eigenvalue weighted by atomic mass is 16.7. The first-order valence-corrected chi connectivity index (χ1v) is 8.18. The number of hydrogen-bond donors (Lipinski definition) is 0. The molecule has 4 aromatic carbocycles. The summed E-state index contributed by atoms with van der Waals surface area (Å²) in [5, 5.41) is 4.44. The van der Waals surface area contributed by atoms with E-state index in [9.17, 15) is 0 Å². The second-order valence-corrected chi connectivity index (χ2v) is 6.39. The molecule has 0 saturated carbocycles. The lowest BCUT2D eigenvalue weighted by Gasteiger charge is -2.11. The summed E-state index contributed by atoms with van der Waals surface area (Å²) >= 11 is 0. The quantitative estimate of drug-likeness (QED) is 0.442. The third kappa shape index (κ3) is 1.46. The van der Waals surface area contributed by atoms with E-state index in [2.05, 4.69) is 36.4 Å². The summed E-state index contributed by atoms with van der Waals surface area (Å²) in [5.41, 5.74) is 2.26. The van der Waals surface area contributed by atoms with E-state index in [1.165, 1.54) is 16.3 Å². The number of ether oxygens (including phenoxy) is 2. The van der Waals surface area contributed by atoms with Gasteiger partial charge in [-0.1, -0.05) is 60.6 Å². The summed E-state index contributed by atoms with van der Waals surface area (Å²) in [6.07, 6.45) is -0.346. The second kappa shape index (κ2) is 4.30. The maximum Gasteiger partial charge on any atom is 0.252 e. The zero-order chi connectivity index (χ0) is 16.5. The lowest BCUT2D eigenvalue weighted by atomic mass is 9.87. The van der Waals surface area contributed by atoms with Crippen molar-refractivity contribution in [3.8, 4) is 11.5 Å². The third-order valence-corrected chi connectivity index (χ3v) is 5.15. The van der Waals surface area contributed by atoms with Gasteiger partial charge in [0.25, 0.3) is 6.29 Å². The van der Waals surface area contributed by atoms with Gasteiger partial charge in [-0.25, -0.2) is 0 Å². The highest BCUT2D eigenvalue weighted by Gasteiger charge is 2.45. The predicted octanol–water partition coefficient (Wildman–Crippen LogP) is 5.24. The summed E-state index contributed by atoms with van der Waals surface area (Å²) < 4.78 is 20.7. The van der Waals surface area contributed by atoms with Crippen LogP contribution < -0.4 is 9.47 Å². The Hall–Kier alpha value is -3.00. The van der Waals surface area contributed by atoms with Gasteiger partial charge in [0.2, 0.25) is 0 Å². The zero-order valence-electron chi connectivity index (χ0n) is 13.8. The van der Waals surface area contributed by atoms with Crippen molar-refractivity contribution >= 4 is 21.5 Å². The van der Waals surface area contributed by atoms with Crippen LogP contribution in [0.5, 0.6) is 11.5 Å². The van der Waals surface area contributed by atoms with Gasteiger partial charge in [-0.05, 0) is 33.7 Å². The molecule has 24 heavy (non-hydrogen) atoms. The number of benzene rings is 4. The molecule has 0 unspecified atom stereocenters. The third-order valence-electron chi connectivity index (χ3n) is 5.15. The molecule has 0 spiro atoms. The Morgan fingerprint density at radius 2 is 1.29 bits per heavy atom. The zero-order valence-corrected chi connectivity index (χ0v) is 12.8. The fourth-order valence-electron chi connectivity index (χ4n) is 4.14. The fraction of sp³-hybridized carbons (Fsp3) is 0.0909. The first kappa shape index (κ1) is 11.5. The molecule has 0 radical (unpaired) electrons. The smallest absolute Gasteiger partial charge is 0.252 e. The van der Waals surface area contributed by atoms with E-state index in [4.69, 9.17) is 10.8 Å². The van der Waals surface area contributed by atoms with Gasteiger partial charge in [0.1, 0.15) is 11.5 Å². The molecular weight excluding hydrogens is 296 g/mol. The average Bonchev–Trinajstić information content (AvgIpc) is 3.17. The minimum absolute atomic E-state index is 0.00583. The normalized spacial score (nSPS) is 20.9. The minimum atomic E-state index is -0.346. The molecule has 114 valence electrons. The van der Waals surface area contributed by atoms with Gasteiger partial charge in [0, 0.05) is 11.1 Å². The Morgan fingerprint density at radius 3 is 2.08 bits per heavy atom. The van der Waals surface area contributed by atoms with Crippen LogP contribution in [0.3, 0.4) is 0 Å². The molecule has 0 aromatic heterocycles. The van der Waals surface area contributed by atoms with Gasteiger partial charge in [0.05, 0.1) is 7.29 Å². The molecule has 0 fully saturated rings. The monoisotopic (exact) mass is 311 g/mol. The van der Waals surface area contributed by atoms with E-state index < -0.39 is 0 Å². The van der Waals surface area contributed by atoms with Crippen molar-refractivity contribution in [2.24, 2.45) is 0 Å². The lowest BCUT2D eigenvalue weighted by Crippen LogP contribution is -2.19. The van der Waals surface area contributed by atoms with Crippen molar-refractivity contribution in [2.45, 2.75) is 12.2 Å². The Bertz CT molecular complexity index is 1180. The van der Waals surface area contributed by atoms with Crippen LogP contribution in [0.15, 0.2) is 72.8 Å². The molecule has 2 aliphatic heterocycles. The highest BCUT2D eigenvalue weighted by molar-refractivity contribution is 5.94. The van der Waals surface area contributed by atoms with Crippen LogP contribution in [0.4, 0.5) is 0 Å². The van der Waals surface area contributed by atoms with Gasteiger partial charge in [-0.3, -0.25) is 0 Å². The van der Waals surface area contributed by atoms with E-state index in [0.29, 0.717) is 6.04 Å². The first-order valence-electron chi connectivity index (χ1n) is 8.68. The van der Waals surface area contributed by atoms with Crippen LogP contribution in [0.25, 0.3) is 21.5 Å². The van der Waals surface area contributed by atoms with Crippen molar-refractivity contribution in [1.82, 2.24) is 0 Å². The van der Waals surface area contributed by atoms with Crippen molar-refractivity contribution in [1.29, 1.82) is 0 Å². The summed E-state index contributed by atoms with van der Waals surface area (Å²) in [6, 6.07) is 22.9. The number of fused-ring (bicyclic) bond motifs is 9. The van der Waals surface area contributed by atoms with E-state index in [1.807, 2.05) is 30.3 Å². The van der Waals surface area contributed by atoms with Crippen LogP contribution in [0, 0.1) is 0 Å². The fourth-order valence-corrected chi connectivity index (χ4v) is 4.14. The highest BCUT2D eigenvalue weighted by Crippen LogP contribution is 2.54. The van der Waals surface area contributed by atoms with Crippen LogP contribution in [-0.4, -0.2) is 6.29 Å². The summed E-state index contributed by atoms with van der Waals surface area (Å²) in [4.78, 5) is 0. The molecule has 0 saturated heterocycles. The molecule has 0 N–H and O–H groups in total. The van der Waals surface area contributed by atoms with Crippen molar-refractivity contribution in [3.63, 3.8) is 0 Å². The predicted molar refractivity (Wildman–Crippen MR) is 94.8 cm³/mol. The van der Waals surface area contributed by atoms with Gasteiger partial charge in [0.15, 0.2) is 0 Å². The largest absolute Gasteiger partial charge is 0.454 e. The molecule has 2 heteroatoms. The van der Waals surface area contributed by atoms with Crippen LogP contribution >= 0.6 is 0 Å². The number of rotatable bonds is 0. The average molecular weight is 311 g/mol.